The van der Waals surface area contributed by atoms with Crippen LogP contribution in [0.1, 0.15) is 12.0 Å². The molecule has 0 aromatic carbocycles. The molecule has 20 heavy (non-hydrogen) atoms. The molecule has 0 radical (unpaired) electrons. The Hall–Kier alpha value is -2.14. The second kappa shape index (κ2) is 5.88. The van der Waals surface area contributed by atoms with Crippen molar-refractivity contribution in [3.63, 3.8) is 0 Å². The van der Waals surface area contributed by atoms with Crippen molar-refractivity contribution in [3.8, 4) is 11.5 Å². The molecule has 1 fully saturated rings. The molecular weight excluding hydrogens is 256 g/mol. The van der Waals surface area contributed by atoms with Gasteiger partial charge in [-0.15, -0.1) is 0 Å². The SMILES string of the molecule is O=C(NCc1cccnc1-c1ccco1)[C@H]1CCOC1. The molecule has 1 saturated heterocycles. The number of nitrogens with zero attached hydrogens (tertiary/aromatic N) is 1. The summed E-state index contributed by atoms with van der Waals surface area (Å²) >= 11 is 0. The lowest BCUT2D eigenvalue weighted by Gasteiger charge is -2.11. The second-order valence-corrected chi connectivity index (χ2v) is 4.77. The molecule has 0 unspecified atom stereocenters. The van der Waals surface area contributed by atoms with Crippen LogP contribution >= 0.6 is 0 Å². The van der Waals surface area contributed by atoms with Gasteiger partial charge in [-0.1, -0.05) is 6.07 Å². The number of aromatic nitrogens is 1. The van der Waals surface area contributed by atoms with Gasteiger partial charge in [0.05, 0.1) is 18.8 Å². The highest BCUT2D eigenvalue weighted by molar-refractivity contribution is 5.79. The third-order valence-corrected chi connectivity index (χ3v) is 3.40. The number of amides is 1. The summed E-state index contributed by atoms with van der Waals surface area (Å²) in [4.78, 5) is 16.3. The third-order valence-electron chi connectivity index (χ3n) is 3.40. The van der Waals surface area contributed by atoms with Crippen LogP contribution in [0.2, 0.25) is 0 Å². The molecule has 104 valence electrons. The quantitative estimate of drug-likeness (QED) is 0.924. The lowest BCUT2D eigenvalue weighted by molar-refractivity contribution is -0.125. The molecule has 2 aromatic heterocycles. The fraction of sp³-hybridized carbons (Fsp3) is 0.333. The molecule has 1 N–H and O–H groups in total. The largest absolute Gasteiger partial charge is 0.463 e. The van der Waals surface area contributed by atoms with Crippen molar-refractivity contribution < 1.29 is 13.9 Å². The van der Waals surface area contributed by atoms with Gasteiger partial charge in [-0.2, -0.15) is 0 Å². The van der Waals surface area contributed by atoms with Crippen molar-refractivity contribution in [1.82, 2.24) is 10.3 Å². The highest BCUT2D eigenvalue weighted by Crippen LogP contribution is 2.21. The van der Waals surface area contributed by atoms with Crippen LogP contribution in [0, 0.1) is 5.92 Å². The van der Waals surface area contributed by atoms with Crippen LogP contribution in [0.4, 0.5) is 0 Å². The molecule has 0 saturated carbocycles. The molecule has 0 spiro atoms. The normalized spacial score (nSPS) is 18.1. The van der Waals surface area contributed by atoms with Crippen molar-refractivity contribution >= 4 is 5.91 Å². The average molecular weight is 272 g/mol. The van der Waals surface area contributed by atoms with Crippen LogP contribution in [0.5, 0.6) is 0 Å². The van der Waals surface area contributed by atoms with Crippen LogP contribution in [0.3, 0.4) is 0 Å². The summed E-state index contributed by atoms with van der Waals surface area (Å²) in [5, 5.41) is 2.94. The Morgan fingerprint density at radius 2 is 2.35 bits per heavy atom. The maximum Gasteiger partial charge on any atom is 0.225 e. The predicted octanol–water partition coefficient (Wildman–Crippen LogP) is 1.99. The molecule has 5 heteroatoms. The van der Waals surface area contributed by atoms with Gasteiger partial charge in [0.2, 0.25) is 5.91 Å². The number of nitrogens with one attached hydrogen (secondary N) is 1. The maximum atomic E-state index is 12.0. The molecule has 0 aliphatic carbocycles. The van der Waals surface area contributed by atoms with Crippen LogP contribution in [-0.4, -0.2) is 24.1 Å². The highest BCUT2D eigenvalue weighted by atomic mass is 16.5. The number of pyridine rings is 1. The van der Waals surface area contributed by atoms with E-state index in [-0.39, 0.29) is 11.8 Å². The van der Waals surface area contributed by atoms with E-state index in [9.17, 15) is 4.79 Å². The van der Waals surface area contributed by atoms with Gasteiger partial charge in [0, 0.05) is 24.9 Å². The van der Waals surface area contributed by atoms with Crippen molar-refractivity contribution in [2.75, 3.05) is 13.2 Å². The zero-order valence-corrected chi connectivity index (χ0v) is 11.0. The molecule has 1 aliphatic rings. The molecule has 1 aliphatic heterocycles. The predicted molar refractivity (Wildman–Crippen MR) is 72.7 cm³/mol. The first-order valence-electron chi connectivity index (χ1n) is 6.68. The van der Waals surface area contributed by atoms with E-state index in [0.29, 0.717) is 25.5 Å². The molecule has 5 nitrogen and oxygen atoms in total. The molecule has 2 aromatic rings. The van der Waals surface area contributed by atoms with E-state index in [1.165, 1.54) is 0 Å². The Bertz CT molecular complexity index is 575. The van der Waals surface area contributed by atoms with E-state index in [2.05, 4.69) is 10.3 Å². The summed E-state index contributed by atoms with van der Waals surface area (Å²) in [6, 6.07) is 7.48. The summed E-state index contributed by atoms with van der Waals surface area (Å²) in [5.41, 5.74) is 1.70. The minimum atomic E-state index is -0.0289. The fourth-order valence-electron chi connectivity index (χ4n) is 2.28. The smallest absolute Gasteiger partial charge is 0.225 e. The van der Waals surface area contributed by atoms with Gasteiger partial charge in [0.25, 0.3) is 0 Å². The summed E-state index contributed by atoms with van der Waals surface area (Å²) in [6.45, 7) is 1.63. The van der Waals surface area contributed by atoms with Crippen LogP contribution in [-0.2, 0) is 16.1 Å². The lowest BCUT2D eigenvalue weighted by atomic mass is 10.1. The maximum absolute atomic E-state index is 12.0. The number of carbonyl (C=O) groups is 1. The van der Waals surface area contributed by atoms with E-state index < -0.39 is 0 Å². The number of carbonyl (C=O) groups excluding carboxylic acids is 1. The fourth-order valence-corrected chi connectivity index (χ4v) is 2.28. The number of hydrogen-bond donors (Lipinski definition) is 1. The lowest BCUT2D eigenvalue weighted by Crippen LogP contribution is -2.30. The summed E-state index contributed by atoms with van der Waals surface area (Å²) in [5.74, 6) is 0.717. The van der Waals surface area contributed by atoms with Crippen LogP contribution in [0.25, 0.3) is 11.5 Å². The average Bonchev–Trinajstić information content (AvgIpc) is 3.17. The third kappa shape index (κ3) is 2.72. The zero-order valence-electron chi connectivity index (χ0n) is 11.0. The minimum Gasteiger partial charge on any atom is -0.463 e. The first-order chi connectivity index (χ1) is 9.84. The summed E-state index contributed by atoms with van der Waals surface area (Å²) in [6.07, 6.45) is 4.13. The molecule has 1 amide bonds. The molecule has 1 atom stereocenters. The Morgan fingerprint density at radius 1 is 1.40 bits per heavy atom. The van der Waals surface area contributed by atoms with Gasteiger partial charge in [0.1, 0.15) is 5.69 Å². The van der Waals surface area contributed by atoms with E-state index >= 15 is 0 Å². The minimum absolute atomic E-state index is 0.0289. The Labute approximate surface area is 117 Å². The molecule has 0 bridgehead atoms. The van der Waals surface area contributed by atoms with Gasteiger partial charge in [-0.25, -0.2) is 0 Å². The van der Waals surface area contributed by atoms with Crippen molar-refractivity contribution in [2.45, 2.75) is 13.0 Å². The first kappa shape index (κ1) is 12.9. The van der Waals surface area contributed by atoms with E-state index in [0.717, 1.165) is 17.7 Å². The van der Waals surface area contributed by atoms with Crippen LogP contribution < -0.4 is 5.32 Å². The second-order valence-electron chi connectivity index (χ2n) is 4.77. The van der Waals surface area contributed by atoms with Crippen LogP contribution in [0.15, 0.2) is 41.1 Å². The number of furan rings is 1. The Balaban J connectivity index is 1.70. The number of hydrogen-bond acceptors (Lipinski definition) is 4. The first-order valence-corrected chi connectivity index (χ1v) is 6.68. The van der Waals surface area contributed by atoms with Crippen molar-refractivity contribution in [1.29, 1.82) is 0 Å². The van der Waals surface area contributed by atoms with Crippen molar-refractivity contribution in [3.05, 3.63) is 42.3 Å². The Morgan fingerprint density at radius 3 is 3.10 bits per heavy atom. The molecule has 3 heterocycles. The number of ether oxygens (including phenoxy) is 1. The van der Waals surface area contributed by atoms with Gasteiger partial charge in [-0.3, -0.25) is 9.78 Å². The van der Waals surface area contributed by atoms with Gasteiger partial charge in [0.15, 0.2) is 5.76 Å². The number of rotatable bonds is 4. The Kier molecular flexibility index (Phi) is 3.78. The summed E-state index contributed by atoms with van der Waals surface area (Å²) < 4.78 is 10.6. The summed E-state index contributed by atoms with van der Waals surface area (Å²) in [7, 11) is 0. The van der Waals surface area contributed by atoms with Gasteiger partial charge >= 0.3 is 0 Å². The van der Waals surface area contributed by atoms with E-state index in [1.54, 1.807) is 12.5 Å². The highest BCUT2D eigenvalue weighted by Gasteiger charge is 2.23. The van der Waals surface area contributed by atoms with Gasteiger partial charge in [-0.05, 0) is 24.6 Å². The topological polar surface area (TPSA) is 64.4 Å². The van der Waals surface area contributed by atoms with Crippen molar-refractivity contribution in [2.24, 2.45) is 5.92 Å². The van der Waals surface area contributed by atoms with E-state index in [1.807, 2.05) is 24.3 Å². The molecular formula is C15H16N2O3. The monoisotopic (exact) mass is 272 g/mol. The standard InChI is InChI=1S/C15H16N2O3/c18-15(12-5-8-19-10-12)17-9-11-3-1-6-16-14(11)13-4-2-7-20-13/h1-4,6-7,12H,5,8-10H2,(H,17,18)/t12-/m0/s1. The van der Waals surface area contributed by atoms with Gasteiger partial charge < -0.3 is 14.5 Å². The molecule has 3 rings (SSSR count). The van der Waals surface area contributed by atoms with E-state index in [4.69, 9.17) is 9.15 Å². The zero-order chi connectivity index (χ0) is 13.8.